The van der Waals surface area contributed by atoms with Gasteiger partial charge in [-0.1, -0.05) is 30.7 Å². The van der Waals surface area contributed by atoms with Gasteiger partial charge in [-0.05, 0) is 67.1 Å². The first kappa shape index (κ1) is 12.2. The average molecular weight is 276 g/mol. The molecule has 0 aliphatic heterocycles. The first-order valence-electron chi connectivity index (χ1n) is 7.79. The Morgan fingerprint density at radius 1 is 1.16 bits per heavy atom. The van der Waals surface area contributed by atoms with E-state index in [2.05, 4.69) is 24.4 Å². The molecule has 2 heteroatoms. The number of halogens is 1. The van der Waals surface area contributed by atoms with Crippen molar-refractivity contribution in [3.63, 3.8) is 0 Å². The number of fused-ring (bicyclic) bond motifs is 5. The minimum Gasteiger partial charge on any atom is -0.307 e. The predicted octanol–water partition coefficient (Wildman–Crippen LogP) is 4.43. The number of hydrogen-bond donors (Lipinski definition) is 1. The number of nitrogens with one attached hydrogen (secondary N) is 1. The van der Waals surface area contributed by atoms with Crippen molar-refractivity contribution in [2.24, 2.45) is 23.7 Å². The molecule has 102 valence electrons. The third-order valence-electron chi connectivity index (χ3n) is 5.81. The lowest BCUT2D eigenvalue weighted by Gasteiger charge is -2.20. The Bertz CT molecular complexity index is 453. The van der Waals surface area contributed by atoms with Crippen molar-refractivity contribution in [3.05, 3.63) is 34.9 Å². The molecular weight excluding hydrogens is 254 g/mol. The van der Waals surface area contributed by atoms with Crippen LogP contribution in [0.4, 0.5) is 0 Å². The van der Waals surface area contributed by atoms with Crippen LogP contribution in [0.3, 0.4) is 0 Å². The SMILES string of the molecule is CCC(NC1C2C3CCC(C3)C12)c1ccc(Cl)cc1. The normalized spacial score (nSPS) is 40.2. The molecular formula is C17H22ClN. The van der Waals surface area contributed by atoms with Crippen LogP contribution in [0.2, 0.25) is 5.02 Å². The molecule has 3 saturated carbocycles. The van der Waals surface area contributed by atoms with Crippen LogP contribution in [0.5, 0.6) is 0 Å². The lowest BCUT2D eigenvalue weighted by atomic mass is 10.0. The molecule has 4 rings (SSSR count). The molecule has 5 atom stereocenters. The van der Waals surface area contributed by atoms with Crippen LogP contribution in [0, 0.1) is 23.7 Å². The number of benzene rings is 1. The van der Waals surface area contributed by atoms with Gasteiger partial charge in [-0.15, -0.1) is 0 Å². The van der Waals surface area contributed by atoms with E-state index in [0.29, 0.717) is 6.04 Å². The lowest BCUT2D eigenvalue weighted by molar-refractivity contribution is 0.415. The maximum absolute atomic E-state index is 5.98. The Kier molecular flexibility index (Phi) is 2.89. The molecule has 1 aromatic rings. The highest BCUT2D eigenvalue weighted by atomic mass is 35.5. The van der Waals surface area contributed by atoms with Gasteiger partial charge < -0.3 is 5.32 Å². The second-order valence-corrected chi connectivity index (χ2v) is 7.13. The van der Waals surface area contributed by atoms with Crippen molar-refractivity contribution in [2.45, 2.75) is 44.7 Å². The van der Waals surface area contributed by atoms with E-state index in [9.17, 15) is 0 Å². The summed E-state index contributed by atoms with van der Waals surface area (Å²) < 4.78 is 0. The average Bonchev–Trinajstić information content (AvgIpc) is 2.82. The molecule has 5 unspecified atom stereocenters. The highest BCUT2D eigenvalue weighted by molar-refractivity contribution is 6.30. The van der Waals surface area contributed by atoms with Gasteiger partial charge in [0.15, 0.2) is 0 Å². The van der Waals surface area contributed by atoms with Crippen LogP contribution in [-0.2, 0) is 0 Å². The van der Waals surface area contributed by atoms with Gasteiger partial charge in [0.25, 0.3) is 0 Å². The monoisotopic (exact) mass is 275 g/mol. The fraction of sp³-hybridized carbons (Fsp3) is 0.647. The zero-order valence-electron chi connectivity index (χ0n) is 11.5. The lowest BCUT2D eigenvalue weighted by Crippen LogP contribution is -2.27. The topological polar surface area (TPSA) is 12.0 Å². The highest BCUT2D eigenvalue weighted by Crippen LogP contribution is 2.65. The Balaban J connectivity index is 1.46. The molecule has 2 bridgehead atoms. The van der Waals surface area contributed by atoms with Gasteiger partial charge in [0.2, 0.25) is 0 Å². The molecule has 0 saturated heterocycles. The minimum absolute atomic E-state index is 0.507. The zero-order valence-corrected chi connectivity index (χ0v) is 12.2. The summed E-state index contributed by atoms with van der Waals surface area (Å²) in [7, 11) is 0. The maximum Gasteiger partial charge on any atom is 0.0406 e. The summed E-state index contributed by atoms with van der Waals surface area (Å²) in [4.78, 5) is 0. The molecule has 1 N–H and O–H groups in total. The van der Waals surface area contributed by atoms with E-state index in [4.69, 9.17) is 11.6 Å². The van der Waals surface area contributed by atoms with Crippen molar-refractivity contribution in [2.75, 3.05) is 0 Å². The predicted molar refractivity (Wildman–Crippen MR) is 79.2 cm³/mol. The molecule has 0 heterocycles. The summed E-state index contributed by atoms with van der Waals surface area (Å²) in [6.45, 7) is 2.28. The fourth-order valence-corrected chi connectivity index (χ4v) is 5.05. The van der Waals surface area contributed by atoms with Gasteiger partial charge in [-0.3, -0.25) is 0 Å². The molecule has 1 nitrogen and oxygen atoms in total. The van der Waals surface area contributed by atoms with E-state index in [1.807, 2.05) is 12.1 Å². The second kappa shape index (κ2) is 4.49. The molecule has 1 aromatic carbocycles. The van der Waals surface area contributed by atoms with Crippen LogP contribution in [0.25, 0.3) is 0 Å². The Hall–Kier alpha value is -0.530. The van der Waals surface area contributed by atoms with Crippen molar-refractivity contribution in [1.29, 1.82) is 0 Å². The van der Waals surface area contributed by atoms with Crippen molar-refractivity contribution >= 4 is 11.6 Å². The van der Waals surface area contributed by atoms with E-state index >= 15 is 0 Å². The minimum atomic E-state index is 0.507. The van der Waals surface area contributed by atoms with Crippen molar-refractivity contribution < 1.29 is 0 Å². The molecule has 0 radical (unpaired) electrons. The summed E-state index contributed by atoms with van der Waals surface area (Å²) in [6, 6.07) is 9.70. The van der Waals surface area contributed by atoms with E-state index in [1.54, 1.807) is 0 Å². The summed E-state index contributed by atoms with van der Waals surface area (Å²) in [5.41, 5.74) is 1.39. The summed E-state index contributed by atoms with van der Waals surface area (Å²) >= 11 is 5.98. The smallest absolute Gasteiger partial charge is 0.0406 e. The van der Waals surface area contributed by atoms with Gasteiger partial charge in [0.1, 0.15) is 0 Å². The van der Waals surface area contributed by atoms with E-state index in [-0.39, 0.29) is 0 Å². The molecule has 3 aliphatic carbocycles. The van der Waals surface area contributed by atoms with E-state index in [1.165, 1.54) is 24.8 Å². The highest BCUT2D eigenvalue weighted by Gasteiger charge is 2.64. The third kappa shape index (κ3) is 1.94. The third-order valence-corrected chi connectivity index (χ3v) is 6.06. The first-order valence-corrected chi connectivity index (χ1v) is 8.17. The summed E-state index contributed by atoms with van der Waals surface area (Å²) in [5.74, 6) is 4.13. The fourth-order valence-electron chi connectivity index (χ4n) is 4.93. The molecule has 0 amide bonds. The molecule has 3 aliphatic rings. The van der Waals surface area contributed by atoms with Crippen molar-refractivity contribution in [3.8, 4) is 0 Å². The summed E-state index contributed by atoms with van der Waals surface area (Å²) in [5, 5.41) is 4.77. The van der Waals surface area contributed by atoms with E-state index in [0.717, 1.165) is 41.2 Å². The largest absolute Gasteiger partial charge is 0.307 e. The van der Waals surface area contributed by atoms with Crippen LogP contribution < -0.4 is 5.32 Å². The van der Waals surface area contributed by atoms with Crippen molar-refractivity contribution in [1.82, 2.24) is 5.32 Å². The van der Waals surface area contributed by atoms with Gasteiger partial charge in [-0.2, -0.15) is 0 Å². The van der Waals surface area contributed by atoms with Crippen LogP contribution >= 0.6 is 11.6 Å². The Morgan fingerprint density at radius 3 is 2.37 bits per heavy atom. The second-order valence-electron chi connectivity index (χ2n) is 6.69. The summed E-state index contributed by atoms with van der Waals surface area (Å²) in [6.07, 6.45) is 5.70. The van der Waals surface area contributed by atoms with Crippen LogP contribution in [0.1, 0.15) is 44.2 Å². The van der Waals surface area contributed by atoms with E-state index < -0.39 is 0 Å². The maximum atomic E-state index is 5.98. The van der Waals surface area contributed by atoms with Crippen LogP contribution in [-0.4, -0.2) is 6.04 Å². The Labute approximate surface area is 120 Å². The van der Waals surface area contributed by atoms with Gasteiger partial charge in [0, 0.05) is 17.1 Å². The molecule has 19 heavy (non-hydrogen) atoms. The quantitative estimate of drug-likeness (QED) is 0.857. The Morgan fingerprint density at radius 2 is 1.79 bits per heavy atom. The standard InChI is InChI=1S/C17H22ClN/c1-2-14(10-5-7-13(18)8-6-10)19-17-15-11-3-4-12(9-11)16(15)17/h5-8,11-12,14-17,19H,2-4,9H2,1H3. The zero-order chi connectivity index (χ0) is 13.0. The van der Waals surface area contributed by atoms with Crippen LogP contribution in [0.15, 0.2) is 24.3 Å². The van der Waals surface area contributed by atoms with Gasteiger partial charge >= 0.3 is 0 Å². The van der Waals surface area contributed by atoms with Gasteiger partial charge in [-0.25, -0.2) is 0 Å². The molecule has 0 aromatic heterocycles. The van der Waals surface area contributed by atoms with Gasteiger partial charge in [0.05, 0.1) is 0 Å². The first-order chi connectivity index (χ1) is 9.28. The molecule has 0 spiro atoms. The number of rotatable bonds is 4. The number of hydrogen-bond acceptors (Lipinski definition) is 1. The molecule has 3 fully saturated rings.